The molecule has 28 heavy (non-hydrogen) atoms. The minimum absolute atomic E-state index is 0. The van der Waals surface area contributed by atoms with Crippen LogP contribution in [0.3, 0.4) is 0 Å². The smallest absolute Gasteiger partial charge is 0.194 e. The fraction of sp³-hybridized carbons (Fsp3) is 0.632. The summed E-state index contributed by atoms with van der Waals surface area (Å²) in [6.45, 7) is 6.05. The van der Waals surface area contributed by atoms with E-state index in [1.807, 2.05) is 18.5 Å². The molecule has 0 aromatic carbocycles. The van der Waals surface area contributed by atoms with Gasteiger partial charge in [-0.3, -0.25) is 0 Å². The van der Waals surface area contributed by atoms with Crippen LogP contribution in [0, 0.1) is 12.8 Å². The molecule has 0 unspecified atom stereocenters. The fourth-order valence-electron chi connectivity index (χ4n) is 3.14. The zero-order chi connectivity index (χ0) is 19.1. The third-order valence-corrected chi connectivity index (χ3v) is 6.01. The van der Waals surface area contributed by atoms with Gasteiger partial charge in [-0.05, 0) is 43.6 Å². The number of guanidine groups is 1. The Balaban J connectivity index is 0.00000280. The van der Waals surface area contributed by atoms with Crippen LogP contribution >= 0.6 is 35.3 Å². The largest absolute Gasteiger partial charge is 0.381 e. The molecule has 0 spiro atoms. The molecule has 0 amide bonds. The van der Waals surface area contributed by atoms with Crippen molar-refractivity contribution in [1.29, 1.82) is 0 Å². The number of aliphatic imine (C=N–C) groups is 1. The van der Waals surface area contributed by atoms with Crippen LogP contribution in [0.2, 0.25) is 0 Å². The molecule has 3 rings (SSSR count). The molecule has 3 heterocycles. The molecule has 1 N–H and O–H groups in total. The minimum Gasteiger partial charge on any atom is -0.381 e. The van der Waals surface area contributed by atoms with Crippen LogP contribution in [0.4, 0.5) is 0 Å². The third kappa shape index (κ3) is 6.70. The molecule has 0 atom stereocenters. The third-order valence-electron chi connectivity index (χ3n) is 5.13. The Morgan fingerprint density at radius 3 is 2.82 bits per heavy atom. The standard InChI is InChI=1S/C19H30N6OS.HI/c1-15-22-23-18(25(15)3)14-21-19(20-13-17-5-4-12-27-17)24(2)9-6-16-7-10-26-11-8-16;/h4-5,12,16H,6-11,13-14H2,1-3H3,(H,20,21);1H. The maximum absolute atomic E-state index is 5.47. The molecule has 1 aliphatic rings. The van der Waals surface area contributed by atoms with E-state index in [-0.39, 0.29) is 24.0 Å². The van der Waals surface area contributed by atoms with Crippen LogP contribution in [0.15, 0.2) is 22.5 Å². The van der Waals surface area contributed by atoms with E-state index in [2.05, 4.69) is 45.0 Å². The highest BCUT2D eigenvalue weighted by Gasteiger charge is 2.16. The van der Waals surface area contributed by atoms with E-state index in [0.29, 0.717) is 6.54 Å². The number of aromatic nitrogens is 3. The predicted molar refractivity (Wildman–Crippen MR) is 124 cm³/mol. The zero-order valence-corrected chi connectivity index (χ0v) is 20.1. The summed E-state index contributed by atoms with van der Waals surface area (Å²) in [7, 11) is 4.09. The molecule has 0 radical (unpaired) electrons. The first-order valence-electron chi connectivity index (χ1n) is 9.58. The summed E-state index contributed by atoms with van der Waals surface area (Å²) in [6, 6.07) is 4.22. The Kier molecular flexibility index (Phi) is 9.66. The minimum atomic E-state index is 0. The number of thiophene rings is 1. The van der Waals surface area contributed by atoms with Gasteiger partial charge in [0, 0.05) is 38.7 Å². The number of nitrogens with one attached hydrogen (secondary N) is 1. The highest BCUT2D eigenvalue weighted by atomic mass is 127. The highest BCUT2D eigenvalue weighted by Crippen LogP contribution is 2.18. The summed E-state index contributed by atoms with van der Waals surface area (Å²) in [5.74, 6) is 3.44. The van der Waals surface area contributed by atoms with Crippen LogP contribution in [0.25, 0.3) is 0 Å². The van der Waals surface area contributed by atoms with Crippen LogP contribution in [-0.4, -0.2) is 52.4 Å². The van der Waals surface area contributed by atoms with Crippen molar-refractivity contribution in [2.45, 2.75) is 39.3 Å². The molecule has 1 aliphatic heterocycles. The van der Waals surface area contributed by atoms with Crippen molar-refractivity contribution in [2.24, 2.45) is 18.0 Å². The summed E-state index contributed by atoms with van der Waals surface area (Å²) in [5.41, 5.74) is 0. The molecular weight excluding hydrogens is 487 g/mol. The van der Waals surface area contributed by atoms with Crippen molar-refractivity contribution in [3.63, 3.8) is 0 Å². The number of hydrogen-bond acceptors (Lipinski definition) is 5. The van der Waals surface area contributed by atoms with Gasteiger partial charge in [-0.1, -0.05) is 6.07 Å². The van der Waals surface area contributed by atoms with E-state index in [9.17, 15) is 0 Å². The Hall–Kier alpha value is -1.20. The number of hydrogen-bond donors (Lipinski definition) is 1. The van der Waals surface area contributed by atoms with Gasteiger partial charge in [-0.25, -0.2) is 4.99 Å². The van der Waals surface area contributed by atoms with E-state index in [1.165, 1.54) is 24.1 Å². The van der Waals surface area contributed by atoms with Gasteiger partial charge in [0.15, 0.2) is 11.8 Å². The molecule has 2 aromatic heterocycles. The lowest BCUT2D eigenvalue weighted by atomic mass is 9.96. The van der Waals surface area contributed by atoms with E-state index in [1.54, 1.807) is 11.3 Å². The lowest BCUT2D eigenvalue weighted by Gasteiger charge is -2.27. The zero-order valence-electron chi connectivity index (χ0n) is 16.9. The average Bonchev–Trinajstić information content (AvgIpc) is 3.32. The quantitative estimate of drug-likeness (QED) is 0.347. The molecule has 0 bridgehead atoms. The van der Waals surface area contributed by atoms with Crippen molar-refractivity contribution >= 4 is 41.3 Å². The van der Waals surface area contributed by atoms with E-state index in [0.717, 1.165) is 49.8 Å². The maximum Gasteiger partial charge on any atom is 0.194 e. The topological polar surface area (TPSA) is 67.6 Å². The van der Waals surface area contributed by atoms with Gasteiger partial charge in [0.05, 0.1) is 6.54 Å². The van der Waals surface area contributed by atoms with Crippen molar-refractivity contribution in [3.05, 3.63) is 34.0 Å². The molecule has 1 saturated heterocycles. The summed E-state index contributed by atoms with van der Waals surface area (Å²) in [5, 5.41) is 14.0. The van der Waals surface area contributed by atoms with Gasteiger partial charge in [-0.15, -0.1) is 45.5 Å². The van der Waals surface area contributed by atoms with Crippen molar-refractivity contribution in [3.8, 4) is 0 Å². The number of aryl methyl sites for hydroxylation is 1. The Morgan fingerprint density at radius 2 is 2.18 bits per heavy atom. The Bertz CT molecular complexity index is 727. The molecule has 1 fully saturated rings. The van der Waals surface area contributed by atoms with Crippen molar-refractivity contribution in [2.75, 3.05) is 26.8 Å². The first kappa shape index (κ1) is 23.1. The number of ether oxygens (including phenoxy) is 1. The van der Waals surface area contributed by atoms with Crippen LogP contribution in [-0.2, 0) is 24.9 Å². The Morgan fingerprint density at radius 1 is 1.39 bits per heavy atom. The number of rotatable bonds is 7. The van der Waals surface area contributed by atoms with Gasteiger partial charge in [-0.2, -0.15) is 0 Å². The monoisotopic (exact) mass is 518 g/mol. The van der Waals surface area contributed by atoms with Crippen LogP contribution < -0.4 is 5.32 Å². The summed E-state index contributed by atoms with van der Waals surface area (Å²) in [6.07, 6.45) is 3.50. The maximum atomic E-state index is 5.47. The predicted octanol–water partition coefficient (Wildman–Crippen LogP) is 3.20. The lowest BCUT2D eigenvalue weighted by Crippen LogP contribution is -2.39. The van der Waals surface area contributed by atoms with Gasteiger partial charge < -0.3 is 19.5 Å². The van der Waals surface area contributed by atoms with Gasteiger partial charge >= 0.3 is 0 Å². The molecule has 0 aliphatic carbocycles. The normalized spacial score (nSPS) is 15.3. The summed E-state index contributed by atoms with van der Waals surface area (Å²) >= 11 is 1.76. The molecule has 7 nitrogen and oxygen atoms in total. The SMILES string of the molecule is Cc1nnc(CN=C(NCc2cccs2)N(C)CCC2CCOCC2)n1C.I. The second-order valence-electron chi connectivity index (χ2n) is 7.06. The van der Waals surface area contributed by atoms with E-state index in [4.69, 9.17) is 9.73 Å². The number of nitrogens with zero attached hydrogens (tertiary/aromatic N) is 5. The van der Waals surface area contributed by atoms with E-state index >= 15 is 0 Å². The van der Waals surface area contributed by atoms with Gasteiger partial charge in [0.1, 0.15) is 12.4 Å². The average molecular weight is 518 g/mol. The molecular formula is C19H31IN6OS. The first-order chi connectivity index (χ1) is 13.1. The van der Waals surface area contributed by atoms with Gasteiger partial charge in [0.2, 0.25) is 0 Å². The molecule has 0 saturated carbocycles. The van der Waals surface area contributed by atoms with Crippen molar-refractivity contribution < 1.29 is 4.74 Å². The van der Waals surface area contributed by atoms with Gasteiger partial charge in [0.25, 0.3) is 0 Å². The number of halogens is 1. The molecule has 9 heteroatoms. The summed E-state index contributed by atoms with van der Waals surface area (Å²) in [4.78, 5) is 8.35. The van der Waals surface area contributed by atoms with Crippen LogP contribution in [0.5, 0.6) is 0 Å². The second kappa shape index (κ2) is 11.7. The van der Waals surface area contributed by atoms with Crippen molar-refractivity contribution in [1.82, 2.24) is 25.0 Å². The Labute approximate surface area is 188 Å². The van der Waals surface area contributed by atoms with E-state index < -0.39 is 0 Å². The second-order valence-corrected chi connectivity index (χ2v) is 8.09. The highest BCUT2D eigenvalue weighted by molar-refractivity contribution is 14.0. The summed E-state index contributed by atoms with van der Waals surface area (Å²) < 4.78 is 7.46. The fourth-order valence-corrected chi connectivity index (χ4v) is 3.79. The lowest BCUT2D eigenvalue weighted by molar-refractivity contribution is 0.0625. The first-order valence-corrected chi connectivity index (χ1v) is 10.5. The van der Waals surface area contributed by atoms with Crippen LogP contribution in [0.1, 0.15) is 35.8 Å². The molecule has 2 aromatic rings. The molecule has 156 valence electrons.